The summed E-state index contributed by atoms with van der Waals surface area (Å²) in [4.78, 5) is 14.2. The highest BCUT2D eigenvalue weighted by Crippen LogP contribution is 2.28. The average molecular weight is 320 g/mol. The molecule has 1 aliphatic heterocycles. The zero-order valence-electron chi connectivity index (χ0n) is 11.8. The molecule has 1 amide bonds. The van der Waals surface area contributed by atoms with Gasteiger partial charge in [0.1, 0.15) is 11.9 Å². The van der Waals surface area contributed by atoms with Gasteiger partial charge in [-0.2, -0.15) is 0 Å². The molecule has 0 spiro atoms. The molecule has 0 saturated carbocycles. The number of hydrogen-bond acceptors (Lipinski definition) is 2. The Balaban J connectivity index is 1.77. The predicted molar refractivity (Wildman–Crippen MR) is 82.4 cm³/mol. The molecular formula is C17H15ClFNO2. The maximum absolute atomic E-state index is 13.0. The molecule has 114 valence electrons. The highest BCUT2D eigenvalue weighted by molar-refractivity contribution is 6.31. The quantitative estimate of drug-likeness (QED) is 0.845. The first-order valence-electron chi connectivity index (χ1n) is 7.06. The van der Waals surface area contributed by atoms with E-state index in [1.807, 2.05) is 18.2 Å². The van der Waals surface area contributed by atoms with Gasteiger partial charge in [-0.05, 0) is 30.3 Å². The van der Waals surface area contributed by atoms with Crippen LogP contribution in [0.4, 0.5) is 4.39 Å². The van der Waals surface area contributed by atoms with Crippen molar-refractivity contribution in [1.82, 2.24) is 4.90 Å². The summed E-state index contributed by atoms with van der Waals surface area (Å²) >= 11 is 6.19. The lowest BCUT2D eigenvalue weighted by Crippen LogP contribution is -2.42. The van der Waals surface area contributed by atoms with E-state index in [0.717, 1.165) is 5.56 Å². The lowest BCUT2D eigenvalue weighted by atomic mass is 10.1. The summed E-state index contributed by atoms with van der Waals surface area (Å²) in [7, 11) is 0. The fourth-order valence-corrected chi connectivity index (χ4v) is 2.79. The largest absolute Gasteiger partial charge is 0.370 e. The molecule has 0 radical (unpaired) electrons. The summed E-state index contributed by atoms with van der Waals surface area (Å²) in [5.41, 5.74) is 1.35. The van der Waals surface area contributed by atoms with Crippen LogP contribution in [0.1, 0.15) is 22.0 Å². The van der Waals surface area contributed by atoms with Crippen molar-refractivity contribution in [2.75, 3.05) is 19.7 Å². The zero-order valence-corrected chi connectivity index (χ0v) is 12.6. The Morgan fingerprint density at radius 1 is 1.18 bits per heavy atom. The van der Waals surface area contributed by atoms with Gasteiger partial charge < -0.3 is 9.64 Å². The second-order valence-corrected chi connectivity index (χ2v) is 5.55. The molecule has 2 aromatic rings. The van der Waals surface area contributed by atoms with Gasteiger partial charge in [-0.25, -0.2) is 4.39 Å². The molecule has 1 heterocycles. The Hall–Kier alpha value is -1.91. The minimum atomic E-state index is -0.354. The maximum atomic E-state index is 13.0. The van der Waals surface area contributed by atoms with E-state index in [1.54, 1.807) is 11.0 Å². The SMILES string of the molecule is O=C(c1ccc(F)cc1)N1CCOC(c2ccccc2Cl)C1. The summed E-state index contributed by atoms with van der Waals surface area (Å²) in [6, 6.07) is 13.0. The van der Waals surface area contributed by atoms with E-state index >= 15 is 0 Å². The second kappa shape index (κ2) is 6.46. The van der Waals surface area contributed by atoms with Crippen LogP contribution >= 0.6 is 11.6 Å². The minimum Gasteiger partial charge on any atom is -0.370 e. The van der Waals surface area contributed by atoms with E-state index in [9.17, 15) is 9.18 Å². The van der Waals surface area contributed by atoms with Crippen molar-refractivity contribution in [3.8, 4) is 0 Å². The van der Waals surface area contributed by atoms with Gasteiger partial charge in [0, 0.05) is 22.7 Å². The molecule has 1 aliphatic rings. The first kappa shape index (κ1) is 15.0. The van der Waals surface area contributed by atoms with E-state index in [4.69, 9.17) is 16.3 Å². The van der Waals surface area contributed by atoms with Crippen LogP contribution in [0.15, 0.2) is 48.5 Å². The van der Waals surface area contributed by atoms with Gasteiger partial charge in [-0.1, -0.05) is 29.8 Å². The highest BCUT2D eigenvalue weighted by atomic mass is 35.5. The molecule has 1 fully saturated rings. The van der Waals surface area contributed by atoms with Crippen LogP contribution in [0.5, 0.6) is 0 Å². The summed E-state index contributed by atoms with van der Waals surface area (Å²) in [6.07, 6.45) is -0.244. The van der Waals surface area contributed by atoms with Crippen LogP contribution in [0.25, 0.3) is 0 Å². The molecule has 0 N–H and O–H groups in total. The van der Waals surface area contributed by atoms with Gasteiger partial charge in [-0.3, -0.25) is 4.79 Å². The maximum Gasteiger partial charge on any atom is 0.254 e. The zero-order chi connectivity index (χ0) is 15.5. The van der Waals surface area contributed by atoms with Crippen molar-refractivity contribution in [3.05, 3.63) is 70.5 Å². The number of carbonyl (C=O) groups excluding carboxylic acids is 1. The van der Waals surface area contributed by atoms with Gasteiger partial charge in [0.25, 0.3) is 5.91 Å². The fourth-order valence-electron chi connectivity index (χ4n) is 2.53. The molecule has 3 rings (SSSR count). The van der Waals surface area contributed by atoms with E-state index in [1.165, 1.54) is 24.3 Å². The number of morpholine rings is 1. The molecule has 1 unspecified atom stereocenters. The summed E-state index contributed by atoms with van der Waals surface area (Å²) in [5.74, 6) is -0.479. The third-order valence-corrected chi connectivity index (χ3v) is 4.04. The number of carbonyl (C=O) groups is 1. The van der Waals surface area contributed by atoms with Crippen molar-refractivity contribution in [3.63, 3.8) is 0 Å². The molecule has 5 heteroatoms. The number of nitrogens with zero attached hydrogens (tertiary/aromatic N) is 1. The number of halogens is 2. The van der Waals surface area contributed by atoms with Gasteiger partial charge >= 0.3 is 0 Å². The van der Waals surface area contributed by atoms with E-state index in [2.05, 4.69) is 0 Å². The summed E-state index contributed by atoms with van der Waals surface area (Å²) < 4.78 is 18.7. The minimum absolute atomic E-state index is 0.125. The number of hydrogen-bond donors (Lipinski definition) is 0. The predicted octanol–water partition coefficient (Wildman–Crippen LogP) is 3.69. The summed E-state index contributed by atoms with van der Waals surface area (Å²) in [6.45, 7) is 1.39. The highest BCUT2D eigenvalue weighted by Gasteiger charge is 2.27. The Labute approximate surface area is 133 Å². The lowest BCUT2D eigenvalue weighted by molar-refractivity contribution is -0.0227. The first-order chi connectivity index (χ1) is 10.6. The standard InChI is InChI=1S/C17H15ClFNO2/c18-15-4-2-1-3-14(15)16-11-20(9-10-22-16)17(21)12-5-7-13(19)8-6-12/h1-8,16H,9-11H2. The molecule has 1 saturated heterocycles. The monoisotopic (exact) mass is 319 g/mol. The third-order valence-electron chi connectivity index (χ3n) is 3.70. The average Bonchev–Trinajstić information content (AvgIpc) is 2.55. The van der Waals surface area contributed by atoms with Crippen molar-refractivity contribution >= 4 is 17.5 Å². The van der Waals surface area contributed by atoms with Crippen LogP contribution in [0, 0.1) is 5.82 Å². The molecule has 2 aromatic carbocycles. The molecule has 0 bridgehead atoms. The molecule has 0 aliphatic carbocycles. The van der Waals surface area contributed by atoms with Crippen molar-refractivity contribution in [2.24, 2.45) is 0 Å². The Kier molecular flexibility index (Phi) is 4.41. The Morgan fingerprint density at radius 3 is 2.64 bits per heavy atom. The second-order valence-electron chi connectivity index (χ2n) is 5.14. The Morgan fingerprint density at radius 2 is 1.91 bits per heavy atom. The van der Waals surface area contributed by atoms with E-state index in [-0.39, 0.29) is 17.8 Å². The Bertz CT molecular complexity index is 675. The molecule has 3 nitrogen and oxygen atoms in total. The molecular weight excluding hydrogens is 305 g/mol. The third kappa shape index (κ3) is 3.13. The topological polar surface area (TPSA) is 29.5 Å². The fraction of sp³-hybridized carbons (Fsp3) is 0.235. The van der Waals surface area contributed by atoms with Gasteiger partial charge in [0.15, 0.2) is 0 Å². The summed E-state index contributed by atoms with van der Waals surface area (Å²) in [5, 5.41) is 0.628. The number of ether oxygens (including phenoxy) is 1. The molecule has 0 aromatic heterocycles. The number of rotatable bonds is 2. The number of amides is 1. The van der Waals surface area contributed by atoms with Crippen LogP contribution in [0.2, 0.25) is 5.02 Å². The van der Waals surface area contributed by atoms with Crippen LogP contribution < -0.4 is 0 Å². The smallest absolute Gasteiger partial charge is 0.254 e. The lowest BCUT2D eigenvalue weighted by Gasteiger charge is -2.33. The van der Waals surface area contributed by atoms with Crippen LogP contribution in [-0.4, -0.2) is 30.5 Å². The van der Waals surface area contributed by atoms with Gasteiger partial charge in [0.05, 0.1) is 13.2 Å². The van der Waals surface area contributed by atoms with Crippen LogP contribution in [-0.2, 0) is 4.74 Å². The molecule has 22 heavy (non-hydrogen) atoms. The molecule has 1 atom stereocenters. The normalized spacial score (nSPS) is 18.3. The van der Waals surface area contributed by atoms with Crippen molar-refractivity contribution in [2.45, 2.75) is 6.10 Å². The number of benzene rings is 2. The van der Waals surface area contributed by atoms with Crippen molar-refractivity contribution in [1.29, 1.82) is 0 Å². The van der Waals surface area contributed by atoms with E-state index in [0.29, 0.717) is 30.3 Å². The van der Waals surface area contributed by atoms with E-state index < -0.39 is 0 Å². The van der Waals surface area contributed by atoms with Gasteiger partial charge in [-0.15, -0.1) is 0 Å². The first-order valence-corrected chi connectivity index (χ1v) is 7.44. The van der Waals surface area contributed by atoms with Crippen molar-refractivity contribution < 1.29 is 13.9 Å². The van der Waals surface area contributed by atoms with Gasteiger partial charge in [0.2, 0.25) is 0 Å². The van der Waals surface area contributed by atoms with Crippen LogP contribution in [0.3, 0.4) is 0 Å².